The number of amides is 1. The minimum atomic E-state index is -2.46. The smallest absolute Gasteiger partial charge is 0.260 e. The van der Waals surface area contributed by atoms with E-state index in [-0.39, 0.29) is 11.9 Å². The average Bonchev–Trinajstić information content (AvgIpc) is 3.02. The molecule has 7 heteroatoms. The Morgan fingerprint density at radius 2 is 2.08 bits per heavy atom. The summed E-state index contributed by atoms with van der Waals surface area (Å²) in [5.41, 5.74) is 0.471. The zero-order valence-electron chi connectivity index (χ0n) is 13.5. The number of aromatic nitrogens is 2. The minimum Gasteiger partial charge on any atom is -0.367 e. The van der Waals surface area contributed by atoms with Crippen LogP contribution in [0.2, 0.25) is 0 Å². The fourth-order valence-electron chi connectivity index (χ4n) is 4.86. The van der Waals surface area contributed by atoms with Gasteiger partial charge in [0.05, 0.1) is 6.20 Å². The molecule has 1 amide bonds. The van der Waals surface area contributed by atoms with E-state index in [1.54, 1.807) is 0 Å². The van der Waals surface area contributed by atoms with Gasteiger partial charge in [0, 0.05) is 18.6 Å². The second kappa shape index (κ2) is 5.17. The van der Waals surface area contributed by atoms with Gasteiger partial charge in [-0.25, -0.2) is 13.5 Å². The van der Waals surface area contributed by atoms with Crippen LogP contribution in [-0.4, -0.2) is 45.6 Å². The Bertz CT molecular complexity index is 672. The largest absolute Gasteiger partial charge is 0.367 e. The average molecular weight is 336 g/mol. The standard InChI is InChI=1S/C17H22F2N4O/c18-15(19)14-6-13(10-2-3-10)21-16-12(7-20-23(14)16)17(24)22-8-9-1-4-11(22)5-9/h7,9-11,13-15,21H,1-6,8H2/t9?,11?,13-,14+/m1/s1. The van der Waals surface area contributed by atoms with E-state index >= 15 is 0 Å². The number of anilines is 1. The fourth-order valence-corrected chi connectivity index (χ4v) is 4.86. The molecule has 24 heavy (non-hydrogen) atoms. The molecule has 1 N–H and O–H groups in total. The van der Waals surface area contributed by atoms with Crippen molar-refractivity contribution in [3.8, 4) is 0 Å². The molecule has 1 aromatic heterocycles. The van der Waals surface area contributed by atoms with Crippen molar-refractivity contribution in [2.24, 2.45) is 11.8 Å². The van der Waals surface area contributed by atoms with Gasteiger partial charge >= 0.3 is 0 Å². The lowest BCUT2D eigenvalue weighted by Crippen LogP contribution is -2.40. The molecule has 5 nitrogen and oxygen atoms in total. The number of nitrogens with one attached hydrogen (secondary N) is 1. The normalized spacial score (nSPS) is 34.5. The fraction of sp³-hybridized carbons (Fsp3) is 0.765. The molecule has 0 aromatic carbocycles. The summed E-state index contributed by atoms with van der Waals surface area (Å²) in [5, 5.41) is 7.52. The SMILES string of the molecule is O=C(c1cnn2c1N[C@@H](C1CC1)C[C@H]2C(F)F)N1CC2CCC1C2. The van der Waals surface area contributed by atoms with Gasteiger partial charge in [-0.3, -0.25) is 4.79 Å². The number of rotatable bonds is 3. The summed E-state index contributed by atoms with van der Waals surface area (Å²) in [6.07, 6.45) is 4.95. The van der Waals surface area contributed by atoms with E-state index < -0.39 is 12.5 Å². The predicted molar refractivity (Wildman–Crippen MR) is 84.2 cm³/mol. The van der Waals surface area contributed by atoms with Crippen molar-refractivity contribution in [3.05, 3.63) is 11.8 Å². The van der Waals surface area contributed by atoms with Crippen molar-refractivity contribution in [1.29, 1.82) is 0 Å². The van der Waals surface area contributed by atoms with Gasteiger partial charge < -0.3 is 10.2 Å². The lowest BCUT2D eigenvalue weighted by atomic mass is 10.00. The second-order valence-electron chi connectivity index (χ2n) is 7.87. The highest BCUT2D eigenvalue weighted by Gasteiger charge is 2.44. The van der Waals surface area contributed by atoms with Gasteiger partial charge in [0.1, 0.15) is 17.4 Å². The Hall–Kier alpha value is -1.66. The van der Waals surface area contributed by atoms with Gasteiger partial charge in [0.25, 0.3) is 12.3 Å². The molecule has 130 valence electrons. The van der Waals surface area contributed by atoms with Crippen LogP contribution in [0.5, 0.6) is 0 Å². The van der Waals surface area contributed by atoms with Crippen LogP contribution in [0.15, 0.2) is 6.20 Å². The van der Waals surface area contributed by atoms with Crippen molar-refractivity contribution in [3.63, 3.8) is 0 Å². The number of nitrogens with zero attached hydrogens (tertiary/aromatic N) is 3. The topological polar surface area (TPSA) is 50.2 Å². The maximum absolute atomic E-state index is 13.5. The summed E-state index contributed by atoms with van der Waals surface area (Å²) in [5.74, 6) is 1.55. The summed E-state index contributed by atoms with van der Waals surface area (Å²) in [6, 6.07) is -0.565. The highest BCUT2D eigenvalue weighted by atomic mass is 19.3. The maximum Gasteiger partial charge on any atom is 0.260 e. The molecule has 0 radical (unpaired) electrons. The Labute approximate surface area is 139 Å². The highest BCUT2D eigenvalue weighted by molar-refractivity contribution is 5.99. The van der Waals surface area contributed by atoms with Crippen molar-refractivity contribution in [2.45, 2.75) is 63.1 Å². The first-order valence-corrected chi connectivity index (χ1v) is 9.05. The van der Waals surface area contributed by atoms with Crippen LogP contribution >= 0.6 is 0 Å². The van der Waals surface area contributed by atoms with E-state index in [1.807, 2.05) is 4.90 Å². The van der Waals surface area contributed by atoms with E-state index in [2.05, 4.69) is 10.4 Å². The number of hydrogen-bond donors (Lipinski definition) is 1. The van der Waals surface area contributed by atoms with Crippen LogP contribution in [0.3, 0.4) is 0 Å². The van der Waals surface area contributed by atoms with Gasteiger partial charge in [-0.2, -0.15) is 5.10 Å². The third-order valence-electron chi connectivity index (χ3n) is 6.31. The number of carbonyl (C=O) groups is 1. The molecule has 4 atom stereocenters. The number of alkyl halides is 2. The predicted octanol–water partition coefficient (Wildman–Crippen LogP) is 2.91. The van der Waals surface area contributed by atoms with Crippen molar-refractivity contribution in [2.75, 3.05) is 11.9 Å². The van der Waals surface area contributed by atoms with Crippen molar-refractivity contribution < 1.29 is 13.6 Å². The van der Waals surface area contributed by atoms with Gasteiger partial charge in [0.2, 0.25) is 0 Å². The Balaban J connectivity index is 1.47. The summed E-state index contributed by atoms with van der Waals surface area (Å²) < 4.78 is 28.4. The van der Waals surface area contributed by atoms with E-state index in [0.717, 1.165) is 32.2 Å². The molecule has 2 unspecified atom stereocenters. The molecule has 0 spiro atoms. The summed E-state index contributed by atoms with van der Waals surface area (Å²) >= 11 is 0. The van der Waals surface area contributed by atoms with E-state index in [1.165, 1.54) is 17.3 Å². The van der Waals surface area contributed by atoms with Crippen LogP contribution in [0.4, 0.5) is 14.6 Å². The van der Waals surface area contributed by atoms with Crippen LogP contribution in [0, 0.1) is 11.8 Å². The van der Waals surface area contributed by atoms with Gasteiger partial charge in [0.15, 0.2) is 0 Å². The van der Waals surface area contributed by atoms with Crippen LogP contribution in [0.1, 0.15) is 54.9 Å². The molecule has 2 saturated carbocycles. The van der Waals surface area contributed by atoms with E-state index in [9.17, 15) is 13.6 Å². The molecule has 3 fully saturated rings. The number of halogens is 2. The molecule has 2 bridgehead atoms. The second-order valence-corrected chi connectivity index (χ2v) is 7.87. The molecule has 1 aromatic rings. The Kier molecular flexibility index (Phi) is 3.16. The lowest BCUT2D eigenvalue weighted by Gasteiger charge is -2.33. The Morgan fingerprint density at radius 3 is 2.71 bits per heavy atom. The highest BCUT2D eigenvalue weighted by Crippen LogP contribution is 2.44. The van der Waals surface area contributed by atoms with Gasteiger partial charge in [-0.05, 0) is 50.4 Å². The van der Waals surface area contributed by atoms with Crippen molar-refractivity contribution >= 4 is 11.7 Å². The zero-order valence-corrected chi connectivity index (χ0v) is 13.5. The molecule has 4 aliphatic rings. The number of carbonyl (C=O) groups excluding carboxylic acids is 1. The molecule has 2 aliphatic heterocycles. The molecule has 3 heterocycles. The third-order valence-corrected chi connectivity index (χ3v) is 6.31. The minimum absolute atomic E-state index is 0.0368. The lowest BCUT2D eigenvalue weighted by molar-refractivity contribution is 0.0636. The van der Waals surface area contributed by atoms with E-state index in [0.29, 0.717) is 35.7 Å². The monoisotopic (exact) mass is 336 g/mol. The molecular weight excluding hydrogens is 314 g/mol. The quantitative estimate of drug-likeness (QED) is 0.923. The van der Waals surface area contributed by atoms with Crippen LogP contribution in [0.25, 0.3) is 0 Å². The van der Waals surface area contributed by atoms with Gasteiger partial charge in [-0.15, -0.1) is 0 Å². The Morgan fingerprint density at radius 1 is 1.25 bits per heavy atom. The molecular formula is C17H22F2N4O. The molecule has 2 aliphatic carbocycles. The van der Waals surface area contributed by atoms with Gasteiger partial charge in [-0.1, -0.05) is 0 Å². The van der Waals surface area contributed by atoms with Crippen LogP contribution in [-0.2, 0) is 0 Å². The maximum atomic E-state index is 13.5. The third kappa shape index (κ3) is 2.16. The number of piperidine rings is 1. The van der Waals surface area contributed by atoms with E-state index in [4.69, 9.17) is 0 Å². The zero-order chi connectivity index (χ0) is 16.4. The van der Waals surface area contributed by atoms with Crippen molar-refractivity contribution in [1.82, 2.24) is 14.7 Å². The summed E-state index contributed by atoms with van der Waals surface area (Å²) in [7, 11) is 0. The summed E-state index contributed by atoms with van der Waals surface area (Å²) in [6.45, 7) is 0.804. The first kappa shape index (κ1) is 14.7. The first-order valence-electron chi connectivity index (χ1n) is 9.05. The van der Waals surface area contributed by atoms with Crippen LogP contribution < -0.4 is 5.32 Å². The summed E-state index contributed by atoms with van der Waals surface area (Å²) in [4.78, 5) is 14.9. The molecule has 5 rings (SSSR count). The number of likely N-dealkylation sites (tertiary alicyclic amines) is 1. The molecule has 1 saturated heterocycles. The number of fused-ring (bicyclic) bond motifs is 3. The number of hydrogen-bond acceptors (Lipinski definition) is 3. The first-order chi connectivity index (χ1) is 11.6.